The number of rotatable bonds is 0. The Morgan fingerprint density at radius 3 is 0.0909 bits per heavy atom. The summed E-state index contributed by atoms with van der Waals surface area (Å²) in [4.78, 5) is 0. The Morgan fingerprint density at radius 1 is 0.0909 bits per heavy atom. The van der Waals surface area contributed by atoms with Crippen molar-refractivity contribution in [3.8, 4) is 0 Å². The maximum atomic E-state index is 6.25. The van der Waals surface area contributed by atoms with Gasteiger partial charge >= 0.3 is 131 Å². The first kappa shape index (κ1) is 391. The van der Waals surface area contributed by atoms with Crippen molar-refractivity contribution in [3.63, 3.8) is 0 Å². The van der Waals surface area contributed by atoms with Gasteiger partial charge in [0.25, 0.3) is 0 Å². The van der Waals surface area contributed by atoms with Crippen LogP contribution in [-0.2, 0) is 131 Å². The van der Waals surface area contributed by atoms with Crippen molar-refractivity contribution < 1.29 is 131 Å². The van der Waals surface area contributed by atoms with Gasteiger partial charge in [-0.15, -0.1) is 0 Å². The Bertz CT molecular complexity index is 529. The van der Waals surface area contributed by atoms with Gasteiger partial charge in [-0.05, 0) is 0 Å². The third-order valence-electron chi connectivity index (χ3n) is 0. The quantitative estimate of drug-likeness (QED) is 0.248. The zero-order chi connectivity index (χ0) is 48.0. The maximum absolute atomic E-state index is 6.25. The minimum absolute atomic E-state index is 0. The molecule has 0 bridgehead atoms. The van der Waals surface area contributed by atoms with Crippen LogP contribution < -0.4 is 0 Å². The minimum Gasteiger partial charge on any atom is -0.512 e. The van der Waals surface area contributed by atoms with E-state index in [1.54, 1.807) is 0 Å². The Kier molecular flexibility index (Phi) is 10000. The summed E-state index contributed by atoms with van der Waals surface area (Å²) in [6.45, 7) is 114. The zero-order valence-electron chi connectivity index (χ0n) is 25.1. The van der Waals surface area contributed by atoms with Gasteiger partial charge in [0, 0.05) is 0 Å². The smallest absolute Gasteiger partial charge is 0.512 e. The van der Waals surface area contributed by atoms with E-state index >= 15 is 0 Å². The Balaban J connectivity index is -0.00000000375. The molecular formula is C24Fe4N24Pt3. The van der Waals surface area contributed by atoms with Crippen molar-refractivity contribution in [2.45, 2.75) is 0 Å². The van der Waals surface area contributed by atoms with Gasteiger partial charge in [0.2, 0.25) is 0 Å². The van der Waals surface area contributed by atoms with Gasteiger partial charge in [-0.25, -0.2) is 0 Å². The Labute approximate surface area is 411 Å². The molecule has 0 aromatic carbocycles. The van der Waals surface area contributed by atoms with E-state index in [1.165, 1.54) is 0 Å². The van der Waals surface area contributed by atoms with Crippen molar-refractivity contribution in [1.82, 2.24) is 0 Å². The summed E-state index contributed by atoms with van der Waals surface area (Å²) in [6.07, 6.45) is 0. The van der Waals surface area contributed by atoms with Crippen molar-refractivity contribution >= 4 is 0 Å². The number of hydrogen-bond acceptors (Lipinski definition) is 24. The molecule has 0 aromatic heterocycles. The van der Waals surface area contributed by atoms with E-state index < -0.39 is 0 Å². The molecule has 4 radical (unpaired) electrons. The molecule has 31 heteroatoms. The van der Waals surface area contributed by atoms with Gasteiger partial charge in [0.05, 0.1) is 0 Å². The normalized spacial score (nSPS) is 0.873. The Hall–Kier alpha value is -8.10. The van der Waals surface area contributed by atoms with Crippen LogP contribution in [0.4, 0.5) is 0 Å². The average molecular weight is 1430 g/mol. The van der Waals surface area contributed by atoms with Gasteiger partial charge < -0.3 is 284 Å². The third kappa shape index (κ3) is 1350. The van der Waals surface area contributed by atoms with Crippen LogP contribution in [0.15, 0.2) is 0 Å². The second-order valence-corrected chi connectivity index (χ2v) is 0. The van der Waals surface area contributed by atoms with Crippen LogP contribution in [0.2, 0.25) is 0 Å². The predicted molar refractivity (Wildman–Crippen MR) is 119 cm³/mol. The molecule has 0 saturated carbocycles. The summed E-state index contributed by atoms with van der Waals surface area (Å²) >= 11 is 0. The van der Waals surface area contributed by atoms with Crippen LogP contribution in [0, 0.1) is 284 Å². The zero-order valence-corrected chi connectivity index (χ0v) is 36.3. The van der Waals surface area contributed by atoms with Gasteiger partial charge in [0.15, 0.2) is 0 Å². The summed E-state index contributed by atoms with van der Waals surface area (Å²) < 4.78 is 0. The SMILES string of the molecule is [C-]#N.[C-]#N.[C-]#N.[C-]#N.[C-]#N.[C-]#N.[C-]#N.[C-]#N.[C-]#N.[C-]#N.[C-]#N.[C-]#N.[C-]#N.[C-]#N.[C-]#N.[C-]#N.[C-]#N.[C-]#N.[C-]#N.[C-]#N.[C-]#N.[C-]#N.[C-]#N.[C-]#N.[Fe+3].[Fe+3].[Fe+3].[Fe+3].[Pt+4].[Pt+4].[Pt+4]. The van der Waals surface area contributed by atoms with Crippen LogP contribution in [-0.4, -0.2) is 0 Å². The molecule has 0 spiro atoms. The molecule has 0 heterocycles. The fraction of sp³-hybridized carbons (Fsp3) is 0. The molecule has 0 amide bonds. The van der Waals surface area contributed by atoms with E-state index in [2.05, 4.69) is 0 Å². The molecule has 278 valence electrons. The van der Waals surface area contributed by atoms with Gasteiger partial charge in [-0.1, -0.05) is 0 Å². The van der Waals surface area contributed by atoms with E-state index in [4.69, 9.17) is 284 Å². The standard InChI is InChI=1S/24CN.4Fe.3Pt/c24*1-2;;;;;;;/q24*-1;4*+3;3*+4. The summed E-state index contributed by atoms with van der Waals surface area (Å²) in [5.74, 6) is 0. The first-order chi connectivity index (χ1) is 24.0. The molecule has 0 atom stereocenters. The van der Waals surface area contributed by atoms with E-state index in [-0.39, 0.29) is 131 Å². The summed E-state index contributed by atoms with van der Waals surface area (Å²) in [5.41, 5.74) is 0. The molecule has 0 fully saturated rings. The first-order valence-electron chi connectivity index (χ1n) is 5.37. The summed E-state index contributed by atoms with van der Waals surface area (Å²) in [6, 6.07) is 0. The van der Waals surface area contributed by atoms with Crippen LogP contribution in [0.25, 0.3) is 0 Å². The van der Waals surface area contributed by atoms with Gasteiger partial charge in [-0.3, -0.25) is 0 Å². The fourth-order valence-corrected chi connectivity index (χ4v) is 0. The topological polar surface area (TPSA) is 571 Å². The average Bonchev–Trinajstić information content (AvgIpc) is 3.34. The van der Waals surface area contributed by atoms with Crippen LogP contribution in [0.3, 0.4) is 0 Å². The monoisotopic (exact) mass is 1430 g/mol. The van der Waals surface area contributed by atoms with Crippen molar-refractivity contribution in [2.24, 2.45) is 0 Å². The molecule has 0 aliphatic heterocycles. The van der Waals surface area contributed by atoms with Gasteiger partial charge in [-0.2, -0.15) is 0 Å². The third-order valence-corrected chi connectivity index (χ3v) is 0. The predicted octanol–water partition coefficient (Wildman–Crippen LogP) is 2.30. The molecule has 0 aliphatic carbocycles. The van der Waals surface area contributed by atoms with Crippen LogP contribution in [0.5, 0.6) is 0 Å². The first-order valence-corrected chi connectivity index (χ1v) is 5.37. The van der Waals surface area contributed by atoms with E-state index in [1.807, 2.05) is 0 Å². The number of nitrogens with zero attached hydrogens (tertiary/aromatic N) is 24. The molecule has 0 aromatic rings. The second kappa shape index (κ2) is 1410. The molecular weight excluding hydrogens is 1430 g/mol. The molecule has 0 N–H and O–H groups in total. The van der Waals surface area contributed by atoms with Crippen molar-refractivity contribution in [3.05, 3.63) is 158 Å². The van der Waals surface area contributed by atoms with Crippen LogP contribution in [0.1, 0.15) is 0 Å². The molecule has 0 rings (SSSR count). The fourth-order valence-electron chi connectivity index (χ4n) is 0. The van der Waals surface area contributed by atoms with Crippen LogP contribution >= 0.6 is 0 Å². The molecule has 0 aliphatic rings. The number of hydrogen-bond donors (Lipinski definition) is 0. The summed E-state index contributed by atoms with van der Waals surface area (Å²) in [5, 5.41) is 150. The van der Waals surface area contributed by atoms with Crippen molar-refractivity contribution in [2.75, 3.05) is 0 Å². The molecule has 0 saturated heterocycles. The minimum atomic E-state index is 0. The second-order valence-electron chi connectivity index (χ2n) is 0. The Morgan fingerprint density at radius 2 is 0.0909 bits per heavy atom. The van der Waals surface area contributed by atoms with E-state index in [0.717, 1.165) is 0 Å². The molecule has 24 nitrogen and oxygen atoms in total. The molecule has 0 unspecified atom stereocenters. The van der Waals surface area contributed by atoms with E-state index in [0.29, 0.717) is 0 Å². The van der Waals surface area contributed by atoms with Gasteiger partial charge in [0.1, 0.15) is 0 Å². The largest absolute Gasteiger partial charge is 4.00 e. The molecule has 55 heavy (non-hydrogen) atoms. The van der Waals surface area contributed by atoms with E-state index in [9.17, 15) is 0 Å². The van der Waals surface area contributed by atoms with Crippen molar-refractivity contribution in [1.29, 1.82) is 126 Å². The summed E-state index contributed by atoms with van der Waals surface area (Å²) in [7, 11) is 0. The maximum Gasteiger partial charge on any atom is 4.00 e.